The van der Waals surface area contributed by atoms with Crippen LogP contribution in [0.4, 0.5) is 5.69 Å². The Hall–Kier alpha value is -1.22. The van der Waals surface area contributed by atoms with E-state index in [9.17, 15) is 4.79 Å². The molecule has 1 amide bonds. The lowest BCUT2D eigenvalue weighted by Crippen LogP contribution is -2.25. The van der Waals surface area contributed by atoms with Gasteiger partial charge in [0.2, 0.25) is 0 Å². The highest BCUT2D eigenvalue weighted by Gasteiger charge is 2.23. The number of halogens is 1. The number of anilines is 1. The van der Waals surface area contributed by atoms with Gasteiger partial charge in [-0.3, -0.25) is 4.79 Å². The van der Waals surface area contributed by atoms with E-state index in [0.29, 0.717) is 22.3 Å². The number of benzene rings is 1. The van der Waals surface area contributed by atoms with Gasteiger partial charge in [-0.1, -0.05) is 11.6 Å². The Morgan fingerprint density at radius 2 is 2.21 bits per heavy atom. The third-order valence-electron chi connectivity index (χ3n) is 2.18. The van der Waals surface area contributed by atoms with E-state index in [1.54, 1.807) is 18.2 Å². The van der Waals surface area contributed by atoms with Crippen molar-refractivity contribution < 1.29 is 4.79 Å². The van der Waals surface area contributed by atoms with Gasteiger partial charge in [0, 0.05) is 11.6 Å². The summed E-state index contributed by atoms with van der Waals surface area (Å²) in [5.41, 5.74) is 6.60. The fraction of sp³-hybridized carbons (Fsp3) is 0.300. The van der Waals surface area contributed by atoms with Crippen LogP contribution in [-0.2, 0) is 0 Å². The predicted molar refractivity (Wildman–Crippen MR) is 56.4 cm³/mol. The van der Waals surface area contributed by atoms with Crippen LogP contribution in [-0.4, -0.2) is 11.9 Å². The second-order valence-corrected chi connectivity index (χ2v) is 3.89. The highest BCUT2D eigenvalue weighted by molar-refractivity contribution is 6.33. The standard InChI is InChI=1S/C10H11ClN2O/c11-8-5-6(1-4-9(8)12)10(14)13-7-2-3-7/h1,4-5,7H,2-3,12H2,(H,13,14). The van der Waals surface area contributed by atoms with Crippen LogP contribution in [0.2, 0.25) is 5.02 Å². The Kier molecular flexibility index (Phi) is 2.33. The minimum atomic E-state index is -0.0746. The molecule has 2 rings (SSSR count). The predicted octanol–water partition coefficient (Wildman–Crippen LogP) is 1.81. The Morgan fingerprint density at radius 3 is 2.79 bits per heavy atom. The summed E-state index contributed by atoms with van der Waals surface area (Å²) in [5.74, 6) is -0.0746. The fourth-order valence-electron chi connectivity index (χ4n) is 1.16. The summed E-state index contributed by atoms with van der Waals surface area (Å²) in [7, 11) is 0. The molecule has 1 aromatic rings. The van der Waals surface area contributed by atoms with Crippen molar-refractivity contribution >= 4 is 23.2 Å². The second kappa shape index (κ2) is 3.50. The van der Waals surface area contributed by atoms with E-state index in [-0.39, 0.29) is 5.91 Å². The normalized spacial score (nSPS) is 15.2. The van der Waals surface area contributed by atoms with Gasteiger partial charge < -0.3 is 11.1 Å². The van der Waals surface area contributed by atoms with E-state index >= 15 is 0 Å². The number of hydrogen-bond donors (Lipinski definition) is 2. The molecule has 0 aromatic heterocycles. The molecule has 0 unspecified atom stereocenters. The fourth-order valence-corrected chi connectivity index (χ4v) is 1.35. The first-order valence-electron chi connectivity index (χ1n) is 4.52. The van der Waals surface area contributed by atoms with Crippen LogP contribution in [0.25, 0.3) is 0 Å². The van der Waals surface area contributed by atoms with Gasteiger partial charge in [0.15, 0.2) is 0 Å². The molecule has 3 N–H and O–H groups in total. The molecule has 0 bridgehead atoms. The van der Waals surface area contributed by atoms with Crippen molar-refractivity contribution in [3.8, 4) is 0 Å². The van der Waals surface area contributed by atoms with Gasteiger partial charge in [-0.05, 0) is 31.0 Å². The number of amides is 1. The molecule has 4 heteroatoms. The molecule has 0 radical (unpaired) electrons. The Bertz CT molecular complexity index is 374. The van der Waals surface area contributed by atoms with E-state index in [4.69, 9.17) is 17.3 Å². The molecule has 0 atom stereocenters. The van der Waals surface area contributed by atoms with Crippen molar-refractivity contribution in [2.75, 3.05) is 5.73 Å². The minimum Gasteiger partial charge on any atom is -0.398 e. The van der Waals surface area contributed by atoms with Crippen LogP contribution in [0.1, 0.15) is 23.2 Å². The zero-order chi connectivity index (χ0) is 10.1. The van der Waals surface area contributed by atoms with Gasteiger partial charge in [0.25, 0.3) is 5.91 Å². The number of carbonyl (C=O) groups is 1. The molecular formula is C10H11ClN2O. The molecule has 0 aliphatic heterocycles. The Balaban J connectivity index is 2.14. The van der Waals surface area contributed by atoms with Crippen molar-refractivity contribution in [2.24, 2.45) is 0 Å². The SMILES string of the molecule is Nc1ccc(C(=O)NC2CC2)cc1Cl. The molecule has 0 heterocycles. The van der Waals surface area contributed by atoms with Crippen molar-refractivity contribution in [3.05, 3.63) is 28.8 Å². The van der Waals surface area contributed by atoms with Gasteiger partial charge in [-0.2, -0.15) is 0 Å². The van der Waals surface area contributed by atoms with Crippen LogP contribution >= 0.6 is 11.6 Å². The van der Waals surface area contributed by atoms with Gasteiger partial charge in [-0.25, -0.2) is 0 Å². The zero-order valence-corrected chi connectivity index (χ0v) is 8.34. The van der Waals surface area contributed by atoms with Crippen molar-refractivity contribution in [1.29, 1.82) is 0 Å². The van der Waals surface area contributed by atoms with Crippen molar-refractivity contribution in [3.63, 3.8) is 0 Å². The Morgan fingerprint density at radius 1 is 1.50 bits per heavy atom. The molecule has 1 saturated carbocycles. The summed E-state index contributed by atoms with van der Waals surface area (Å²) < 4.78 is 0. The summed E-state index contributed by atoms with van der Waals surface area (Å²) in [4.78, 5) is 11.5. The molecule has 1 aromatic carbocycles. The first-order valence-corrected chi connectivity index (χ1v) is 4.90. The topological polar surface area (TPSA) is 55.1 Å². The first-order chi connectivity index (χ1) is 6.66. The molecule has 14 heavy (non-hydrogen) atoms. The molecular weight excluding hydrogens is 200 g/mol. The maximum atomic E-state index is 11.5. The van der Waals surface area contributed by atoms with Crippen LogP contribution < -0.4 is 11.1 Å². The molecule has 0 spiro atoms. The van der Waals surface area contributed by atoms with Gasteiger partial charge in [0.05, 0.1) is 10.7 Å². The molecule has 1 fully saturated rings. The van der Waals surface area contributed by atoms with Crippen LogP contribution in [0, 0.1) is 0 Å². The quantitative estimate of drug-likeness (QED) is 0.732. The largest absolute Gasteiger partial charge is 0.398 e. The average Bonchev–Trinajstić information content (AvgIpc) is 2.93. The van der Waals surface area contributed by atoms with E-state index in [2.05, 4.69) is 5.32 Å². The van der Waals surface area contributed by atoms with Crippen molar-refractivity contribution in [2.45, 2.75) is 18.9 Å². The first kappa shape index (κ1) is 9.34. The molecule has 3 nitrogen and oxygen atoms in total. The lowest BCUT2D eigenvalue weighted by Gasteiger charge is -2.04. The third kappa shape index (κ3) is 1.99. The number of rotatable bonds is 2. The second-order valence-electron chi connectivity index (χ2n) is 3.48. The smallest absolute Gasteiger partial charge is 0.251 e. The summed E-state index contributed by atoms with van der Waals surface area (Å²) in [5, 5.41) is 3.30. The molecule has 0 saturated heterocycles. The highest BCUT2D eigenvalue weighted by Crippen LogP contribution is 2.22. The van der Waals surface area contributed by atoms with Crippen LogP contribution in [0.5, 0.6) is 0 Å². The van der Waals surface area contributed by atoms with Gasteiger partial charge >= 0.3 is 0 Å². The van der Waals surface area contributed by atoms with Gasteiger partial charge in [0.1, 0.15) is 0 Å². The van der Waals surface area contributed by atoms with E-state index in [1.807, 2.05) is 0 Å². The minimum absolute atomic E-state index is 0.0746. The number of hydrogen-bond acceptors (Lipinski definition) is 2. The molecule has 1 aliphatic carbocycles. The average molecular weight is 211 g/mol. The highest BCUT2D eigenvalue weighted by atomic mass is 35.5. The van der Waals surface area contributed by atoms with Gasteiger partial charge in [-0.15, -0.1) is 0 Å². The number of nitrogens with one attached hydrogen (secondary N) is 1. The summed E-state index contributed by atoms with van der Waals surface area (Å²) in [6, 6.07) is 5.27. The number of nitrogens with two attached hydrogens (primary N) is 1. The zero-order valence-electron chi connectivity index (χ0n) is 7.59. The van der Waals surface area contributed by atoms with Crippen LogP contribution in [0.3, 0.4) is 0 Å². The lowest BCUT2D eigenvalue weighted by molar-refractivity contribution is 0.0951. The Labute approximate surface area is 87.2 Å². The molecule has 1 aliphatic rings. The summed E-state index contributed by atoms with van der Waals surface area (Å²) in [6.45, 7) is 0. The lowest BCUT2D eigenvalue weighted by atomic mass is 10.2. The van der Waals surface area contributed by atoms with Crippen LogP contribution in [0.15, 0.2) is 18.2 Å². The van der Waals surface area contributed by atoms with E-state index in [0.717, 1.165) is 12.8 Å². The third-order valence-corrected chi connectivity index (χ3v) is 2.50. The summed E-state index contributed by atoms with van der Waals surface area (Å²) in [6.07, 6.45) is 2.16. The number of carbonyl (C=O) groups excluding carboxylic acids is 1. The van der Waals surface area contributed by atoms with E-state index in [1.165, 1.54) is 0 Å². The summed E-state index contributed by atoms with van der Waals surface area (Å²) >= 11 is 5.81. The maximum absolute atomic E-state index is 11.5. The number of nitrogen functional groups attached to an aromatic ring is 1. The van der Waals surface area contributed by atoms with Crippen molar-refractivity contribution in [1.82, 2.24) is 5.32 Å². The monoisotopic (exact) mass is 210 g/mol. The maximum Gasteiger partial charge on any atom is 0.251 e. The molecule has 74 valence electrons. The van der Waals surface area contributed by atoms with E-state index < -0.39 is 0 Å².